The zero-order valence-electron chi connectivity index (χ0n) is 17.8. The van der Waals surface area contributed by atoms with Crippen molar-refractivity contribution in [2.75, 3.05) is 4.90 Å². The lowest BCUT2D eigenvalue weighted by molar-refractivity contribution is 0.126. The summed E-state index contributed by atoms with van der Waals surface area (Å²) in [5.74, 6) is 0.960. The van der Waals surface area contributed by atoms with E-state index >= 15 is 0 Å². The minimum absolute atomic E-state index is 0.196. The van der Waals surface area contributed by atoms with Crippen molar-refractivity contribution in [1.29, 1.82) is 5.26 Å². The molecule has 2 aliphatic rings. The van der Waals surface area contributed by atoms with Crippen LogP contribution in [0.1, 0.15) is 31.2 Å². The number of aliphatic hydroxyl groups is 1. The number of aliphatic hydroxyl groups excluding tert-OH is 1. The number of pyridine rings is 2. The molecule has 0 radical (unpaired) electrons. The molecular weight excluding hydrogens is 402 g/mol. The number of aryl methyl sites for hydroxylation is 1. The fourth-order valence-corrected chi connectivity index (χ4v) is 5.37. The molecule has 0 aliphatic carbocycles. The van der Waals surface area contributed by atoms with Crippen molar-refractivity contribution in [1.82, 2.24) is 24.4 Å². The number of rotatable bonds is 3. The maximum absolute atomic E-state index is 10.1. The Balaban J connectivity index is 1.43. The molecule has 4 aromatic rings. The Morgan fingerprint density at radius 3 is 2.47 bits per heavy atom. The van der Waals surface area contributed by atoms with Gasteiger partial charge in [-0.2, -0.15) is 15.5 Å². The maximum Gasteiger partial charge on any atom is 0.129 e. The molecule has 2 saturated heterocycles. The van der Waals surface area contributed by atoms with Gasteiger partial charge in [0.05, 0.1) is 29.6 Å². The second kappa shape index (κ2) is 7.18. The van der Waals surface area contributed by atoms with Gasteiger partial charge in [-0.1, -0.05) is 0 Å². The van der Waals surface area contributed by atoms with Gasteiger partial charge >= 0.3 is 0 Å². The minimum atomic E-state index is -0.196. The molecule has 8 heteroatoms. The van der Waals surface area contributed by atoms with Gasteiger partial charge in [0.1, 0.15) is 11.9 Å². The van der Waals surface area contributed by atoms with Crippen molar-refractivity contribution in [3.8, 4) is 28.3 Å². The van der Waals surface area contributed by atoms with E-state index in [2.05, 4.69) is 39.4 Å². The first-order valence-electron chi connectivity index (χ1n) is 10.9. The third-order valence-electron chi connectivity index (χ3n) is 6.80. The van der Waals surface area contributed by atoms with Crippen LogP contribution in [0.5, 0.6) is 0 Å². The molecule has 1 N–H and O–H groups in total. The molecule has 2 bridgehead atoms. The van der Waals surface area contributed by atoms with Crippen LogP contribution < -0.4 is 4.90 Å². The molecular formula is C24H23N7O. The quantitative estimate of drug-likeness (QED) is 0.542. The zero-order chi connectivity index (χ0) is 21.8. The number of nitrogens with zero attached hydrogens (tertiary/aromatic N) is 7. The van der Waals surface area contributed by atoms with E-state index < -0.39 is 0 Å². The summed E-state index contributed by atoms with van der Waals surface area (Å²) < 4.78 is 3.53. The molecule has 0 saturated carbocycles. The lowest BCUT2D eigenvalue weighted by atomic mass is 9.99. The summed E-state index contributed by atoms with van der Waals surface area (Å²) >= 11 is 0. The van der Waals surface area contributed by atoms with Crippen LogP contribution in [0.2, 0.25) is 0 Å². The number of piperidine rings is 1. The van der Waals surface area contributed by atoms with E-state index in [0.717, 1.165) is 59.3 Å². The monoisotopic (exact) mass is 425 g/mol. The number of hydrogen-bond acceptors (Lipinski definition) is 6. The second-order valence-corrected chi connectivity index (χ2v) is 8.83. The maximum atomic E-state index is 10.1. The molecule has 2 aliphatic heterocycles. The molecule has 32 heavy (non-hydrogen) atoms. The highest BCUT2D eigenvalue weighted by molar-refractivity contribution is 5.87. The molecule has 0 unspecified atom stereocenters. The molecule has 6 heterocycles. The summed E-state index contributed by atoms with van der Waals surface area (Å²) in [6, 6.07) is 9.20. The van der Waals surface area contributed by atoms with Crippen LogP contribution in [0.25, 0.3) is 27.8 Å². The van der Waals surface area contributed by atoms with Gasteiger partial charge in [-0.05, 0) is 43.9 Å². The average molecular weight is 425 g/mol. The summed E-state index contributed by atoms with van der Waals surface area (Å²) in [6.07, 6.45) is 12.8. The van der Waals surface area contributed by atoms with Crippen LogP contribution in [0.3, 0.4) is 0 Å². The van der Waals surface area contributed by atoms with E-state index in [1.807, 2.05) is 31.8 Å². The fraction of sp³-hybridized carbons (Fsp3) is 0.333. The molecule has 3 atom stereocenters. The number of aromatic nitrogens is 5. The highest BCUT2D eigenvalue weighted by atomic mass is 16.3. The van der Waals surface area contributed by atoms with Gasteiger partial charge in [0.25, 0.3) is 0 Å². The molecule has 2 fully saturated rings. The Hall–Kier alpha value is -3.70. The Morgan fingerprint density at radius 1 is 1.00 bits per heavy atom. The molecule has 0 amide bonds. The van der Waals surface area contributed by atoms with Gasteiger partial charge < -0.3 is 10.0 Å². The van der Waals surface area contributed by atoms with Crippen molar-refractivity contribution in [2.45, 2.75) is 43.9 Å². The largest absolute Gasteiger partial charge is 0.393 e. The van der Waals surface area contributed by atoms with Crippen LogP contribution in [0.15, 0.2) is 49.2 Å². The van der Waals surface area contributed by atoms with Gasteiger partial charge in [-0.25, -0.2) is 9.50 Å². The summed E-state index contributed by atoms with van der Waals surface area (Å²) in [7, 11) is 1.89. The smallest absolute Gasteiger partial charge is 0.129 e. The predicted octanol–water partition coefficient (Wildman–Crippen LogP) is 3.16. The summed E-state index contributed by atoms with van der Waals surface area (Å²) in [5, 5.41) is 28.4. The molecule has 4 aromatic heterocycles. The SMILES string of the molecule is Cn1cc(-c2cc(-c3ccc(N4[C@@H]5CC[C@H]4C[C@H](O)C5)nc3)c3c(C#N)cnn3c2)cn1. The van der Waals surface area contributed by atoms with Crippen molar-refractivity contribution in [3.63, 3.8) is 0 Å². The Bertz CT molecular complexity index is 1330. The van der Waals surface area contributed by atoms with Crippen LogP contribution in [0.4, 0.5) is 5.82 Å². The first kappa shape index (κ1) is 19.0. The highest BCUT2D eigenvalue weighted by Crippen LogP contribution is 2.39. The average Bonchev–Trinajstić information content (AvgIpc) is 3.49. The molecule has 8 nitrogen and oxygen atoms in total. The van der Waals surface area contributed by atoms with E-state index in [-0.39, 0.29) is 6.10 Å². The van der Waals surface area contributed by atoms with Crippen LogP contribution >= 0.6 is 0 Å². The van der Waals surface area contributed by atoms with Crippen LogP contribution in [-0.4, -0.2) is 47.7 Å². The van der Waals surface area contributed by atoms with Gasteiger partial charge in [-0.15, -0.1) is 0 Å². The van der Waals surface area contributed by atoms with Crippen molar-refractivity contribution in [2.24, 2.45) is 7.05 Å². The fourth-order valence-electron chi connectivity index (χ4n) is 5.37. The van der Waals surface area contributed by atoms with Gasteiger partial charge in [0.2, 0.25) is 0 Å². The van der Waals surface area contributed by atoms with Crippen LogP contribution in [0, 0.1) is 11.3 Å². The standard InChI is InChI=1S/C24H23N7O/c1-29-13-18(12-27-29)16-6-22(24-17(9-25)11-28-30(24)14-16)15-2-5-23(26-10-15)31-19-3-4-20(31)8-21(32)7-19/h2,5-6,10-14,19-21,32H,3-4,7-8H2,1H3/t19-,20+,21-. The normalized spacial score (nSPS) is 22.4. The van der Waals surface area contributed by atoms with Crippen molar-refractivity contribution >= 4 is 11.3 Å². The van der Waals surface area contributed by atoms with E-state index in [4.69, 9.17) is 4.98 Å². The third-order valence-corrected chi connectivity index (χ3v) is 6.80. The number of anilines is 1. The molecule has 0 spiro atoms. The van der Waals surface area contributed by atoms with E-state index in [1.165, 1.54) is 0 Å². The molecule has 6 rings (SSSR count). The second-order valence-electron chi connectivity index (χ2n) is 8.83. The Labute approximate surface area is 185 Å². The van der Waals surface area contributed by atoms with E-state index in [9.17, 15) is 10.4 Å². The molecule has 0 aromatic carbocycles. The van der Waals surface area contributed by atoms with Crippen LogP contribution in [-0.2, 0) is 7.05 Å². The topological polar surface area (TPSA) is 95.3 Å². The van der Waals surface area contributed by atoms with Gasteiger partial charge in [0, 0.05) is 60.0 Å². The van der Waals surface area contributed by atoms with Crippen molar-refractivity contribution in [3.05, 3.63) is 54.7 Å². The van der Waals surface area contributed by atoms with E-state index in [0.29, 0.717) is 17.6 Å². The zero-order valence-corrected chi connectivity index (χ0v) is 17.8. The van der Waals surface area contributed by atoms with Crippen molar-refractivity contribution < 1.29 is 5.11 Å². The first-order chi connectivity index (χ1) is 15.6. The summed E-state index contributed by atoms with van der Waals surface area (Å²) in [4.78, 5) is 7.20. The lowest BCUT2D eigenvalue weighted by Gasteiger charge is -2.38. The number of nitriles is 1. The van der Waals surface area contributed by atoms with Gasteiger partial charge in [0.15, 0.2) is 0 Å². The minimum Gasteiger partial charge on any atom is -0.393 e. The summed E-state index contributed by atoms with van der Waals surface area (Å²) in [5.41, 5.74) is 5.11. The van der Waals surface area contributed by atoms with Gasteiger partial charge in [-0.3, -0.25) is 4.68 Å². The highest BCUT2D eigenvalue weighted by Gasteiger charge is 2.40. The predicted molar refractivity (Wildman–Crippen MR) is 120 cm³/mol. The third kappa shape index (κ3) is 2.97. The number of fused-ring (bicyclic) bond motifs is 3. The Morgan fingerprint density at radius 2 is 1.81 bits per heavy atom. The molecule has 160 valence electrons. The number of hydrogen-bond donors (Lipinski definition) is 1. The first-order valence-corrected chi connectivity index (χ1v) is 10.9. The Kier molecular flexibility index (Phi) is 4.26. The summed E-state index contributed by atoms with van der Waals surface area (Å²) in [6.45, 7) is 0. The lowest BCUT2D eigenvalue weighted by Crippen LogP contribution is -2.45. The van der Waals surface area contributed by atoms with E-state index in [1.54, 1.807) is 15.4 Å².